The first-order chi connectivity index (χ1) is 10.2. The van der Waals surface area contributed by atoms with Crippen LogP contribution in [0.25, 0.3) is 5.57 Å². The van der Waals surface area contributed by atoms with Gasteiger partial charge in [0.05, 0.1) is 12.6 Å². The van der Waals surface area contributed by atoms with Crippen LogP contribution in [0, 0.1) is 0 Å². The summed E-state index contributed by atoms with van der Waals surface area (Å²) in [6, 6.07) is 7.89. The highest BCUT2D eigenvalue weighted by atomic mass is 16.5. The summed E-state index contributed by atoms with van der Waals surface area (Å²) >= 11 is 0. The minimum atomic E-state index is -0.521. The Balaban J connectivity index is 0.000000534. The Morgan fingerprint density at radius 3 is 2.23 bits per heavy atom. The van der Waals surface area contributed by atoms with Crippen molar-refractivity contribution in [3.8, 4) is 0 Å². The Labute approximate surface area is 132 Å². The predicted octanol–water partition coefficient (Wildman–Crippen LogP) is 4.03. The van der Waals surface area contributed by atoms with Crippen LogP contribution in [0.1, 0.15) is 38.8 Å². The van der Waals surface area contributed by atoms with Crippen LogP contribution < -0.4 is 0 Å². The Morgan fingerprint density at radius 1 is 1.27 bits per heavy atom. The van der Waals surface area contributed by atoms with Crippen molar-refractivity contribution in [2.75, 3.05) is 7.11 Å². The van der Waals surface area contributed by atoms with Crippen LogP contribution in [0.4, 0.5) is 0 Å². The average molecular weight is 301 g/mol. The zero-order valence-corrected chi connectivity index (χ0v) is 13.9. The second-order valence-corrected chi connectivity index (χ2v) is 5.40. The molecule has 118 valence electrons. The molecule has 0 saturated carbocycles. The average Bonchev–Trinajstić information content (AvgIpc) is 2.47. The molecule has 0 aliphatic rings. The molecule has 0 atom stereocenters. The molecule has 0 aliphatic heterocycles. The van der Waals surface area contributed by atoms with Gasteiger partial charge in [0.2, 0.25) is 6.08 Å². The van der Waals surface area contributed by atoms with E-state index in [0.717, 1.165) is 16.7 Å². The van der Waals surface area contributed by atoms with Gasteiger partial charge in [0, 0.05) is 5.57 Å². The van der Waals surface area contributed by atoms with Crippen LogP contribution in [0.2, 0.25) is 0 Å². The van der Waals surface area contributed by atoms with E-state index in [0.29, 0.717) is 5.57 Å². The lowest BCUT2D eigenvalue weighted by molar-refractivity contribution is -0.136. The van der Waals surface area contributed by atoms with E-state index in [1.165, 1.54) is 7.11 Å². The lowest BCUT2D eigenvalue weighted by Gasteiger charge is -2.18. The fourth-order valence-corrected chi connectivity index (χ4v) is 1.52. The normalized spacial score (nSPS) is 9.68. The van der Waals surface area contributed by atoms with Crippen molar-refractivity contribution in [3.05, 3.63) is 54.1 Å². The highest BCUT2D eigenvalue weighted by Crippen LogP contribution is 2.26. The second kappa shape index (κ2) is 8.75. The third kappa shape index (κ3) is 6.33. The van der Waals surface area contributed by atoms with Crippen molar-refractivity contribution < 1.29 is 14.3 Å². The fraction of sp³-hybridized carbons (Fsp3) is 0.333. The molecule has 0 fully saturated rings. The molecule has 1 aromatic carbocycles. The molecule has 0 amide bonds. The molecule has 0 N–H and O–H groups in total. The molecule has 0 heterocycles. The summed E-state index contributed by atoms with van der Waals surface area (Å²) in [6.45, 7) is 14.6. The summed E-state index contributed by atoms with van der Waals surface area (Å²) in [5.74, 6) is -0.347. The van der Waals surface area contributed by atoms with Gasteiger partial charge in [0.15, 0.2) is 0 Å². The van der Waals surface area contributed by atoms with Gasteiger partial charge < -0.3 is 4.74 Å². The topological polar surface area (TPSA) is 55.7 Å². The molecule has 4 nitrogen and oxygen atoms in total. The van der Waals surface area contributed by atoms with E-state index >= 15 is 0 Å². The Bertz CT molecular complexity index is 609. The van der Waals surface area contributed by atoms with Crippen molar-refractivity contribution in [2.45, 2.75) is 33.2 Å². The summed E-state index contributed by atoms with van der Waals surface area (Å²) < 4.78 is 4.27. The number of carbonyl (C=O) groups is 1. The molecule has 1 aromatic rings. The molecule has 0 bridgehead atoms. The summed E-state index contributed by atoms with van der Waals surface area (Å²) in [5.41, 5.74) is 2.98. The highest BCUT2D eigenvalue weighted by molar-refractivity contribution is 5.86. The van der Waals surface area contributed by atoms with Gasteiger partial charge in [-0.2, -0.15) is 4.99 Å². The maximum atomic E-state index is 10.3. The number of benzene rings is 1. The maximum Gasteiger partial charge on any atom is 0.332 e. The van der Waals surface area contributed by atoms with Crippen LogP contribution in [-0.2, 0) is 19.9 Å². The minimum absolute atomic E-state index is 0.347. The van der Waals surface area contributed by atoms with Gasteiger partial charge in [-0.3, -0.25) is 0 Å². The number of hydrogen-bond acceptors (Lipinski definition) is 4. The van der Waals surface area contributed by atoms with Crippen molar-refractivity contribution >= 4 is 17.6 Å². The number of rotatable bonds is 4. The van der Waals surface area contributed by atoms with Gasteiger partial charge >= 0.3 is 5.97 Å². The highest BCUT2D eigenvalue weighted by Gasteiger charge is 2.19. The summed E-state index contributed by atoms with van der Waals surface area (Å²) in [5, 5.41) is 0. The Kier molecular flexibility index (Phi) is 7.78. The molecule has 4 heteroatoms. The second-order valence-electron chi connectivity index (χ2n) is 5.40. The van der Waals surface area contributed by atoms with Gasteiger partial charge in [-0.05, 0) is 44.9 Å². The first-order valence-electron chi connectivity index (χ1n) is 6.75. The third-order valence-corrected chi connectivity index (χ3v) is 2.92. The molecule has 0 aliphatic carbocycles. The number of aliphatic imine (C=N–C) groups is 1. The first kappa shape index (κ1) is 19.6. The Morgan fingerprint density at radius 2 is 1.86 bits per heavy atom. The van der Waals surface area contributed by atoms with E-state index < -0.39 is 5.54 Å². The largest absolute Gasteiger partial charge is 0.466 e. The summed E-state index contributed by atoms with van der Waals surface area (Å²) in [6.07, 6.45) is 1.61. The minimum Gasteiger partial charge on any atom is -0.466 e. The van der Waals surface area contributed by atoms with Crippen molar-refractivity contribution in [2.24, 2.45) is 4.99 Å². The van der Waals surface area contributed by atoms with Crippen molar-refractivity contribution in [3.63, 3.8) is 0 Å². The first-order valence-corrected chi connectivity index (χ1v) is 6.75. The van der Waals surface area contributed by atoms with E-state index in [2.05, 4.69) is 22.9 Å². The number of allylic oxidation sites excluding steroid dienone is 1. The monoisotopic (exact) mass is 301 g/mol. The predicted molar refractivity (Wildman–Crippen MR) is 89.1 cm³/mol. The number of esters is 1. The van der Waals surface area contributed by atoms with Gasteiger partial charge in [0.1, 0.15) is 0 Å². The quantitative estimate of drug-likeness (QED) is 0.365. The standard InChI is InChI=1S/C13H15NO.C5H8O2/c1-10(2)11-6-5-7-12(8-11)13(3,4)14-9-15;1-4(2)5(6)7-3/h5-8H,1H2,2-4H3;1H2,2-3H3. The van der Waals surface area contributed by atoms with Crippen LogP contribution in [-0.4, -0.2) is 19.2 Å². The number of isocyanates is 1. The zero-order chi connectivity index (χ0) is 17.3. The number of nitrogens with zero attached hydrogens (tertiary/aromatic N) is 1. The van der Waals surface area contributed by atoms with Crippen LogP contribution >= 0.6 is 0 Å². The summed E-state index contributed by atoms with van der Waals surface area (Å²) in [4.78, 5) is 24.3. The maximum absolute atomic E-state index is 10.3. The van der Waals surface area contributed by atoms with E-state index in [9.17, 15) is 9.59 Å². The molecule has 0 unspecified atom stereocenters. The van der Waals surface area contributed by atoms with E-state index in [1.807, 2.05) is 45.0 Å². The Hall–Kier alpha value is -2.45. The number of carbonyl (C=O) groups excluding carboxylic acids is 2. The molecule has 0 spiro atoms. The van der Waals surface area contributed by atoms with E-state index in [1.54, 1.807) is 13.0 Å². The van der Waals surface area contributed by atoms with Gasteiger partial charge in [-0.15, -0.1) is 0 Å². The van der Waals surface area contributed by atoms with E-state index in [4.69, 9.17) is 0 Å². The molecular weight excluding hydrogens is 278 g/mol. The van der Waals surface area contributed by atoms with Gasteiger partial charge in [-0.25, -0.2) is 9.59 Å². The molecule has 22 heavy (non-hydrogen) atoms. The third-order valence-electron chi connectivity index (χ3n) is 2.92. The van der Waals surface area contributed by atoms with Gasteiger partial charge in [-0.1, -0.05) is 36.9 Å². The van der Waals surface area contributed by atoms with Crippen LogP contribution in [0.15, 0.2) is 48.0 Å². The smallest absolute Gasteiger partial charge is 0.332 e. The van der Waals surface area contributed by atoms with Gasteiger partial charge in [0.25, 0.3) is 0 Å². The van der Waals surface area contributed by atoms with E-state index in [-0.39, 0.29) is 5.97 Å². The summed E-state index contributed by atoms with van der Waals surface area (Å²) in [7, 11) is 1.33. The molecule has 0 aromatic heterocycles. The molecule has 0 saturated heterocycles. The van der Waals surface area contributed by atoms with Crippen molar-refractivity contribution in [1.29, 1.82) is 0 Å². The molecule has 0 radical (unpaired) electrons. The number of ether oxygens (including phenoxy) is 1. The number of methoxy groups -OCH3 is 1. The van der Waals surface area contributed by atoms with Crippen LogP contribution in [0.3, 0.4) is 0 Å². The SMILES string of the molecule is C=C(C)C(=O)OC.C=C(C)c1cccc(C(C)(C)N=C=O)c1. The lowest BCUT2D eigenvalue weighted by atomic mass is 9.92. The molecule has 1 rings (SSSR count). The lowest BCUT2D eigenvalue weighted by Crippen LogP contribution is -2.13. The fourth-order valence-electron chi connectivity index (χ4n) is 1.52. The van der Waals surface area contributed by atoms with Crippen molar-refractivity contribution in [1.82, 2.24) is 0 Å². The number of hydrogen-bond donors (Lipinski definition) is 0. The van der Waals surface area contributed by atoms with Crippen LogP contribution in [0.5, 0.6) is 0 Å². The zero-order valence-electron chi connectivity index (χ0n) is 13.9. The molecular formula is C18H23NO3.